The Kier molecular flexibility index (Phi) is 1.68. The Morgan fingerprint density at radius 1 is 1.47 bits per heavy atom. The second kappa shape index (κ2) is 2.66. The van der Waals surface area contributed by atoms with Gasteiger partial charge in [-0.1, -0.05) is 5.16 Å². The lowest BCUT2D eigenvalue weighted by molar-refractivity contribution is -0.212. The number of piperidine rings is 1. The highest BCUT2D eigenvalue weighted by Crippen LogP contribution is 2.57. The number of hydrogen-bond acceptors (Lipinski definition) is 3. The Morgan fingerprint density at radius 2 is 2.27 bits per heavy atom. The molecule has 0 aromatic rings. The fraction of sp³-hybridized carbons (Fsp3) is 0.889. The molecule has 0 aromatic heterocycles. The van der Waals surface area contributed by atoms with E-state index < -0.39 is 12.3 Å². The van der Waals surface area contributed by atoms with Crippen molar-refractivity contribution in [3.8, 4) is 0 Å². The molecule has 3 atom stereocenters. The standard InChI is InChI=1S/C9H11F3N2O/c10-9(11,12)7-1-6(14-15-7)8-2-5(8)3-13-4-8/h5,7,13H,1-4H2. The van der Waals surface area contributed by atoms with Gasteiger partial charge in [-0.05, 0) is 18.9 Å². The van der Waals surface area contributed by atoms with E-state index in [1.807, 2.05) is 0 Å². The van der Waals surface area contributed by atoms with Crippen LogP contribution in [-0.2, 0) is 4.84 Å². The van der Waals surface area contributed by atoms with E-state index in [1.54, 1.807) is 0 Å². The van der Waals surface area contributed by atoms with E-state index in [4.69, 9.17) is 0 Å². The fourth-order valence-corrected chi connectivity index (χ4v) is 2.64. The number of fused-ring (bicyclic) bond motifs is 1. The molecule has 3 nitrogen and oxygen atoms in total. The van der Waals surface area contributed by atoms with E-state index in [-0.39, 0.29) is 11.8 Å². The Labute approximate surface area is 84.7 Å². The van der Waals surface area contributed by atoms with Crippen LogP contribution in [0.1, 0.15) is 12.8 Å². The van der Waals surface area contributed by atoms with Crippen molar-refractivity contribution in [1.29, 1.82) is 0 Å². The van der Waals surface area contributed by atoms with Crippen LogP contribution in [0.5, 0.6) is 0 Å². The first-order valence-corrected chi connectivity index (χ1v) is 5.03. The normalized spacial score (nSPS) is 43.5. The van der Waals surface area contributed by atoms with Gasteiger partial charge >= 0.3 is 6.18 Å². The van der Waals surface area contributed by atoms with Crippen LogP contribution in [0.2, 0.25) is 0 Å². The minimum Gasteiger partial charge on any atom is -0.382 e. The molecule has 6 heteroatoms. The van der Waals surface area contributed by atoms with Gasteiger partial charge in [-0.15, -0.1) is 0 Å². The molecule has 15 heavy (non-hydrogen) atoms. The molecule has 0 spiro atoms. The van der Waals surface area contributed by atoms with Crippen LogP contribution < -0.4 is 5.32 Å². The number of hydrogen-bond donors (Lipinski definition) is 1. The molecular weight excluding hydrogens is 209 g/mol. The third kappa shape index (κ3) is 1.27. The molecule has 0 bridgehead atoms. The summed E-state index contributed by atoms with van der Waals surface area (Å²) in [6.45, 7) is 1.65. The predicted octanol–water partition coefficient (Wildman–Crippen LogP) is 1.30. The summed E-state index contributed by atoms with van der Waals surface area (Å²) >= 11 is 0. The zero-order valence-electron chi connectivity index (χ0n) is 7.97. The lowest BCUT2D eigenvalue weighted by atomic mass is 9.95. The van der Waals surface area contributed by atoms with E-state index in [2.05, 4.69) is 15.3 Å². The summed E-state index contributed by atoms with van der Waals surface area (Å²) in [5.41, 5.74) is 0.514. The number of oxime groups is 1. The number of rotatable bonds is 1. The maximum atomic E-state index is 12.3. The zero-order valence-corrected chi connectivity index (χ0v) is 7.97. The first-order valence-electron chi connectivity index (χ1n) is 5.03. The molecule has 3 unspecified atom stereocenters. The maximum absolute atomic E-state index is 12.3. The number of nitrogens with zero attached hydrogens (tertiary/aromatic N) is 1. The molecule has 1 N–H and O–H groups in total. The first kappa shape index (κ1) is 9.45. The van der Waals surface area contributed by atoms with Gasteiger partial charge in [0.15, 0.2) is 0 Å². The molecule has 2 aliphatic heterocycles. The topological polar surface area (TPSA) is 33.6 Å². The van der Waals surface area contributed by atoms with Crippen molar-refractivity contribution >= 4 is 5.71 Å². The molecule has 1 saturated heterocycles. The van der Waals surface area contributed by atoms with Crippen molar-refractivity contribution in [2.45, 2.75) is 25.1 Å². The molecule has 1 saturated carbocycles. The van der Waals surface area contributed by atoms with Crippen LogP contribution in [0.15, 0.2) is 5.16 Å². The van der Waals surface area contributed by atoms with Gasteiger partial charge in [0.2, 0.25) is 6.10 Å². The van der Waals surface area contributed by atoms with Gasteiger partial charge in [0, 0.05) is 18.4 Å². The van der Waals surface area contributed by atoms with Gasteiger partial charge in [-0.2, -0.15) is 13.2 Å². The van der Waals surface area contributed by atoms with Gasteiger partial charge in [-0.25, -0.2) is 0 Å². The van der Waals surface area contributed by atoms with Crippen molar-refractivity contribution in [3.05, 3.63) is 0 Å². The lowest BCUT2D eigenvalue weighted by Crippen LogP contribution is -2.31. The molecule has 0 amide bonds. The molecule has 84 valence electrons. The molecule has 1 aliphatic carbocycles. The zero-order chi connectivity index (χ0) is 10.7. The highest BCUT2D eigenvalue weighted by Gasteiger charge is 2.63. The molecule has 0 aromatic carbocycles. The second-order valence-electron chi connectivity index (χ2n) is 4.57. The molecule has 2 fully saturated rings. The average molecular weight is 220 g/mol. The van der Waals surface area contributed by atoms with Crippen LogP contribution in [-0.4, -0.2) is 31.1 Å². The summed E-state index contributed by atoms with van der Waals surface area (Å²) in [4.78, 5) is 4.47. The Morgan fingerprint density at radius 3 is 2.73 bits per heavy atom. The Hall–Kier alpha value is -0.780. The number of nitrogens with one attached hydrogen (secondary N) is 1. The van der Waals surface area contributed by atoms with Crippen molar-refractivity contribution in [2.24, 2.45) is 16.5 Å². The molecule has 3 rings (SSSR count). The van der Waals surface area contributed by atoms with E-state index in [1.165, 1.54) is 0 Å². The van der Waals surface area contributed by atoms with Gasteiger partial charge in [0.25, 0.3) is 0 Å². The average Bonchev–Trinajstić information content (AvgIpc) is 2.63. The minimum atomic E-state index is -4.29. The Balaban J connectivity index is 1.72. The highest BCUT2D eigenvalue weighted by atomic mass is 19.4. The molecule has 3 aliphatic rings. The summed E-state index contributed by atoms with van der Waals surface area (Å²) in [6.07, 6.45) is -5.13. The maximum Gasteiger partial charge on any atom is 0.428 e. The first-order chi connectivity index (χ1) is 7.02. The van der Waals surface area contributed by atoms with E-state index in [0.29, 0.717) is 11.6 Å². The smallest absolute Gasteiger partial charge is 0.382 e. The third-order valence-corrected chi connectivity index (χ3v) is 3.67. The molecule has 2 heterocycles. The molecule has 0 radical (unpaired) electrons. The van der Waals surface area contributed by atoms with Crippen LogP contribution in [0.3, 0.4) is 0 Å². The summed E-state index contributed by atoms with van der Waals surface area (Å²) in [6, 6.07) is 0. The van der Waals surface area contributed by atoms with Gasteiger partial charge in [-0.3, -0.25) is 0 Å². The van der Waals surface area contributed by atoms with E-state index >= 15 is 0 Å². The van der Waals surface area contributed by atoms with Crippen LogP contribution in [0.25, 0.3) is 0 Å². The summed E-state index contributed by atoms with van der Waals surface area (Å²) in [5, 5.41) is 6.81. The fourth-order valence-electron chi connectivity index (χ4n) is 2.64. The van der Waals surface area contributed by atoms with Gasteiger partial charge in [0.05, 0.1) is 5.71 Å². The second-order valence-corrected chi connectivity index (χ2v) is 4.57. The summed E-state index contributed by atoms with van der Waals surface area (Å²) in [7, 11) is 0. The van der Waals surface area contributed by atoms with E-state index in [0.717, 1.165) is 19.5 Å². The summed E-state index contributed by atoms with van der Waals surface area (Å²) < 4.78 is 37.0. The summed E-state index contributed by atoms with van der Waals surface area (Å²) in [5.74, 6) is 0.479. The predicted molar refractivity (Wildman–Crippen MR) is 46.4 cm³/mol. The van der Waals surface area contributed by atoms with Gasteiger partial charge < -0.3 is 10.2 Å². The van der Waals surface area contributed by atoms with Crippen molar-refractivity contribution in [1.82, 2.24) is 5.32 Å². The van der Waals surface area contributed by atoms with Crippen LogP contribution in [0.4, 0.5) is 13.2 Å². The Bertz CT molecular complexity index is 328. The third-order valence-electron chi connectivity index (χ3n) is 3.67. The van der Waals surface area contributed by atoms with Crippen molar-refractivity contribution in [2.75, 3.05) is 13.1 Å². The van der Waals surface area contributed by atoms with E-state index in [9.17, 15) is 13.2 Å². The van der Waals surface area contributed by atoms with Crippen molar-refractivity contribution < 1.29 is 18.0 Å². The lowest BCUT2D eigenvalue weighted by Gasteiger charge is -2.13. The van der Waals surface area contributed by atoms with Crippen LogP contribution >= 0.6 is 0 Å². The number of halogens is 3. The largest absolute Gasteiger partial charge is 0.428 e. The minimum absolute atomic E-state index is 0.0817. The number of alkyl halides is 3. The SMILES string of the molecule is FC(F)(F)C1CC(C23CNCC2C3)=NO1. The van der Waals surface area contributed by atoms with Gasteiger partial charge in [0.1, 0.15) is 0 Å². The van der Waals surface area contributed by atoms with Crippen LogP contribution in [0, 0.1) is 11.3 Å². The highest BCUT2D eigenvalue weighted by molar-refractivity contribution is 5.94. The monoisotopic (exact) mass is 220 g/mol. The quantitative estimate of drug-likeness (QED) is 0.722. The van der Waals surface area contributed by atoms with Crippen molar-refractivity contribution in [3.63, 3.8) is 0 Å². The molecular formula is C9H11F3N2O.